The highest BCUT2D eigenvalue weighted by Gasteiger charge is 2.25. The summed E-state index contributed by atoms with van der Waals surface area (Å²) < 4.78 is 0. The molecule has 3 N–H and O–H groups in total. The molecule has 0 aliphatic heterocycles. The lowest BCUT2D eigenvalue weighted by atomic mass is 10.2. The zero-order valence-electron chi connectivity index (χ0n) is 7.58. The third-order valence-electron chi connectivity index (χ3n) is 2.27. The maximum atomic E-state index is 11.1. The molecule has 1 saturated carbocycles. The van der Waals surface area contributed by atoms with Gasteiger partial charge in [0.1, 0.15) is 0 Å². The van der Waals surface area contributed by atoms with Crippen LogP contribution in [0.3, 0.4) is 0 Å². The van der Waals surface area contributed by atoms with Gasteiger partial charge in [0.2, 0.25) is 0 Å². The third kappa shape index (κ3) is 1.78. The summed E-state index contributed by atoms with van der Waals surface area (Å²) in [6.45, 7) is 1.83. The first-order valence-corrected chi connectivity index (χ1v) is 4.53. The molecular weight excluding hydrogens is 166 g/mol. The van der Waals surface area contributed by atoms with E-state index in [1.165, 1.54) is 12.8 Å². The van der Waals surface area contributed by atoms with E-state index in [-0.39, 0.29) is 11.7 Å². The summed E-state index contributed by atoms with van der Waals surface area (Å²) in [5.41, 5.74) is 7.05. The zero-order valence-corrected chi connectivity index (χ0v) is 7.58. The number of nitrogens with two attached hydrogens (primary N) is 1. The predicted octanol–water partition coefficient (Wildman–Crippen LogP) is 0.667. The number of aromatic nitrogens is 2. The lowest BCUT2D eigenvalue weighted by Crippen LogP contribution is -2.19. The maximum Gasteiger partial charge on any atom is 0.345 e. The second-order valence-corrected chi connectivity index (χ2v) is 3.63. The van der Waals surface area contributed by atoms with Crippen LogP contribution in [-0.2, 0) is 0 Å². The smallest absolute Gasteiger partial charge is 0.323 e. The molecule has 70 valence electrons. The van der Waals surface area contributed by atoms with Gasteiger partial charge in [0.05, 0.1) is 5.69 Å². The predicted molar refractivity (Wildman–Crippen MR) is 49.4 cm³/mol. The molecule has 1 aliphatic rings. The summed E-state index contributed by atoms with van der Waals surface area (Å²) in [5, 5.41) is 0. The van der Waals surface area contributed by atoms with Gasteiger partial charge in [-0.05, 0) is 31.7 Å². The Morgan fingerprint density at radius 3 is 2.92 bits per heavy atom. The summed E-state index contributed by atoms with van der Waals surface area (Å²) >= 11 is 0. The molecule has 2 rings (SSSR count). The van der Waals surface area contributed by atoms with Crippen molar-refractivity contribution < 1.29 is 0 Å². The largest absolute Gasteiger partial charge is 0.345 e. The fourth-order valence-corrected chi connectivity index (χ4v) is 1.34. The number of aromatic amines is 1. The second-order valence-electron chi connectivity index (χ2n) is 3.63. The molecule has 1 fully saturated rings. The molecule has 13 heavy (non-hydrogen) atoms. The van der Waals surface area contributed by atoms with Crippen molar-refractivity contribution in [2.75, 3.05) is 0 Å². The van der Waals surface area contributed by atoms with Crippen LogP contribution in [0.2, 0.25) is 0 Å². The molecule has 0 saturated heterocycles. The highest BCUT2D eigenvalue weighted by atomic mass is 16.1. The van der Waals surface area contributed by atoms with Gasteiger partial charge in [-0.1, -0.05) is 0 Å². The van der Waals surface area contributed by atoms with Crippen molar-refractivity contribution >= 4 is 0 Å². The van der Waals surface area contributed by atoms with Crippen LogP contribution in [0.5, 0.6) is 0 Å². The van der Waals surface area contributed by atoms with Gasteiger partial charge >= 0.3 is 5.69 Å². The quantitative estimate of drug-likeness (QED) is 0.700. The monoisotopic (exact) mass is 179 g/mol. The minimum Gasteiger partial charge on any atom is -0.323 e. The number of H-pyrrole nitrogens is 1. The Morgan fingerprint density at radius 1 is 1.69 bits per heavy atom. The van der Waals surface area contributed by atoms with Crippen LogP contribution in [0.4, 0.5) is 0 Å². The fourth-order valence-electron chi connectivity index (χ4n) is 1.34. The maximum absolute atomic E-state index is 11.1. The standard InChI is InChI=1S/C9H13N3O/c1-5(10)7-4-8(6-2-3-6)12-9(13)11-7/h4-6H,2-3,10H2,1H3,(H,11,12,13). The van der Waals surface area contributed by atoms with Crippen molar-refractivity contribution in [3.63, 3.8) is 0 Å². The van der Waals surface area contributed by atoms with Crippen molar-refractivity contribution in [3.8, 4) is 0 Å². The summed E-state index contributed by atoms with van der Waals surface area (Å²) in [4.78, 5) is 17.7. The molecule has 4 heteroatoms. The number of hydrogen-bond donors (Lipinski definition) is 2. The van der Waals surface area contributed by atoms with Crippen LogP contribution < -0.4 is 11.4 Å². The number of nitrogens with one attached hydrogen (secondary N) is 1. The minimum absolute atomic E-state index is 0.167. The van der Waals surface area contributed by atoms with E-state index in [1.807, 2.05) is 13.0 Å². The number of rotatable bonds is 2. The normalized spacial score (nSPS) is 18.6. The van der Waals surface area contributed by atoms with Crippen LogP contribution >= 0.6 is 0 Å². The van der Waals surface area contributed by atoms with Crippen molar-refractivity contribution in [2.45, 2.75) is 31.7 Å². The summed E-state index contributed by atoms with van der Waals surface area (Å²) in [7, 11) is 0. The number of nitrogens with zero attached hydrogens (tertiary/aromatic N) is 1. The van der Waals surface area contributed by atoms with E-state index in [4.69, 9.17) is 5.73 Å². The van der Waals surface area contributed by atoms with E-state index in [1.54, 1.807) is 0 Å². The van der Waals surface area contributed by atoms with E-state index in [9.17, 15) is 4.79 Å². The van der Waals surface area contributed by atoms with Crippen LogP contribution in [0, 0.1) is 0 Å². The Labute approximate surface area is 76.2 Å². The van der Waals surface area contributed by atoms with Crippen LogP contribution in [0.1, 0.15) is 43.1 Å². The van der Waals surface area contributed by atoms with Crippen LogP contribution in [0.15, 0.2) is 10.9 Å². The van der Waals surface area contributed by atoms with Crippen molar-refractivity contribution in [1.29, 1.82) is 0 Å². The molecule has 0 bridgehead atoms. The lowest BCUT2D eigenvalue weighted by Gasteiger charge is -2.05. The fraction of sp³-hybridized carbons (Fsp3) is 0.556. The molecule has 0 spiro atoms. The first-order chi connectivity index (χ1) is 6.16. The van der Waals surface area contributed by atoms with Crippen molar-refractivity contribution in [1.82, 2.24) is 9.97 Å². The van der Waals surface area contributed by atoms with Crippen LogP contribution in [0.25, 0.3) is 0 Å². The summed E-state index contributed by atoms with van der Waals surface area (Å²) in [6.07, 6.45) is 2.33. The molecule has 1 aromatic heterocycles. The average Bonchev–Trinajstić information content (AvgIpc) is 2.85. The molecule has 1 aromatic rings. The first kappa shape index (κ1) is 8.44. The molecule has 0 amide bonds. The number of hydrogen-bond acceptors (Lipinski definition) is 3. The van der Waals surface area contributed by atoms with Gasteiger partial charge in [-0.2, -0.15) is 4.98 Å². The molecule has 1 aliphatic carbocycles. The topological polar surface area (TPSA) is 71.8 Å². The van der Waals surface area contributed by atoms with Crippen molar-refractivity contribution in [2.24, 2.45) is 5.73 Å². The Bertz CT molecular complexity index is 342. The SMILES string of the molecule is CC(N)c1cc(C2CC2)[nH]c(=O)n1. The molecular formula is C9H13N3O. The average molecular weight is 179 g/mol. The van der Waals surface area contributed by atoms with Gasteiger partial charge in [-0.3, -0.25) is 0 Å². The van der Waals surface area contributed by atoms with E-state index in [0.29, 0.717) is 11.6 Å². The van der Waals surface area contributed by atoms with E-state index in [0.717, 1.165) is 5.69 Å². The van der Waals surface area contributed by atoms with E-state index >= 15 is 0 Å². The Hall–Kier alpha value is -1.16. The molecule has 0 radical (unpaired) electrons. The van der Waals surface area contributed by atoms with Crippen molar-refractivity contribution in [3.05, 3.63) is 27.9 Å². The minimum atomic E-state index is -0.281. The molecule has 1 atom stereocenters. The summed E-state index contributed by atoms with van der Waals surface area (Å²) in [6, 6.07) is 1.74. The third-order valence-corrected chi connectivity index (χ3v) is 2.27. The lowest BCUT2D eigenvalue weighted by molar-refractivity contribution is 0.754. The summed E-state index contributed by atoms with van der Waals surface area (Å²) in [5.74, 6) is 0.535. The first-order valence-electron chi connectivity index (χ1n) is 4.53. The molecule has 4 nitrogen and oxygen atoms in total. The second kappa shape index (κ2) is 2.96. The van der Waals surface area contributed by atoms with Gasteiger partial charge in [-0.25, -0.2) is 4.79 Å². The Balaban J connectivity index is 2.41. The molecule has 0 aromatic carbocycles. The van der Waals surface area contributed by atoms with Gasteiger partial charge in [0, 0.05) is 11.7 Å². The zero-order chi connectivity index (χ0) is 9.42. The van der Waals surface area contributed by atoms with Gasteiger partial charge < -0.3 is 10.7 Å². The van der Waals surface area contributed by atoms with Gasteiger partial charge in [0.15, 0.2) is 0 Å². The Kier molecular flexibility index (Phi) is 1.92. The van der Waals surface area contributed by atoms with Gasteiger partial charge in [0.25, 0.3) is 0 Å². The van der Waals surface area contributed by atoms with Gasteiger partial charge in [-0.15, -0.1) is 0 Å². The van der Waals surface area contributed by atoms with E-state index < -0.39 is 0 Å². The van der Waals surface area contributed by atoms with E-state index in [2.05, 4.69) is 9.97 Å². The highest BCUT2D eigenvalue weighted by Crippen LogP contribution is 2.38. The Morgan fingerprint density at radius 2 is 2.38 bits per heavy atom. The molecule has 1 heterocycles. The highest BCUT2D eigenvalue weighted by molar-refractivity contribution is 5.18. The molecule has 1 unspecified atom stereocenters. The van der Waals surface area contributed by atoms with Crippen LogP contribution in [-0.4, -0.2) is 9.97 Å².